The summed E-state index contributed by atoms with van der Waals surface area (Å²) in [5.41, 5.74) is -5.73. The van der Waals surface area contributed by atoms with Crippen LogP contribution in [0.1, 0.15) is 19.8 Å². The number of nitrogens with one attached hydrogen (secondary N) is 1. The van der Waals surface area contributed by atoms with E-state index in [1.165, 1.54) is 7.11 Å². The lowest BCUT2D eigenvalue weighted by Gasteiger charge is -2.21. The van der Waals surface area contributed by atoms with Crippen LogP contribution in [0.2, 0.25) is 0 Å². The fourth-order valence-electron chi connectivity index (χ4n) is 1.90. The van der Waals surface area contributed by atoms with Crippen LogP contribution in [-0.4, -0.2) is 67.7 Å². The molecule has 0 aliphatic heterocycles. The number of halogens is 3. The zero-order valence-corrected chi connectivity index (χ0v) is 16.8. The monoisotopic (exact) mass is 441 g/mol. The molecule has 0 aliphatic carbocycles. The molecule has 8 nitrogen and oxygen atoms in total. The summed E-state index contributed by atoms with van der Waals surface area (Å²) >= 11 is 0. The van der Waals surface area contributed by atoms with Gasteiger partial charge in [-0.25, -0.2) is 16.8 Å². The summed E-state index contributed by atoms with van der Waals surface area (Å²) in [6.07, 6.45) is 1.90. The van der Waals surface area contributed by atoms with Crippen LogP contribution in [0.5, 0.6) is 0 Å². The van der Waals surface area contributed by atoms with Crippen molar-refractivity contribution in [2.75, 3.05) is 39.3 Å². The molecule has 0 aromatic heterocycles. The average molecular weight is 441 g/mol. The van der Waals surface area contributed by atoms with Crippen molar-refractivity contribution in [1.29, 1.82) is 0 Å². The molecular weight excluding hydrogens is 415 g/mol. The van der Waals surface area contributed by atoms with Gasteiger partial charge in [-0.15, -0.1) is 10.7 Å². The summed E-state index contributed by atoms with van der Waals surface area (Å²) in [4.78, 5) is 0. The van der Waals surface area contributed by atoms with Crippen LogP contribution in [0.25, 0.3) is 0 Å². The zero-order valence-electron chi connectivity index (χ0n) is 15.2. The maximum atomic E-state index is 12.4. The molecule has 0 aliphatic rings. The molecule has 1 N–H and O–H groups in total. The van der Waals surface area contributed by atoms with E-state index in [2.05, 4.69) is 6.58 Å². The molecule has 0 bridgehead atoms. The number of alkyl halides is 3. The highest BCUT2D eigenvalue weighted by atomic mass is 32.3. The molecule has 0 radical (unpaired) electrons. The Morgan fingerprint density at radius 2 is 1.81 bits per heavy atom. The van der Waals surface area contributed by atoms with Gasteiger partial charge >= 0.3 is 15.5 Å². The number of hydrogen-bond donors (Lipinski definition) is 1. The van der Waals surface area contributed by atoms with Gasteiger partial charge in [0.2, 0.25) is 10.0 Å². The van der Waals surface area contributed by atoms with Gasteiger partial charge in [0.1, 0.15) is 0 Å². The van der Waals surface area contributed by atoms with Crippen molar-refractivity contribution in [3.8, 4) is 0 Å². The number of hydrogen-bond acceptors (Lipinski definition) is 7. The van der Waals surface area contributed by atoms with Gasteiger partial charge in [-0.1, -0.05) is 13.0 Å². The Labute approximate surface area is 158 Å². The van der Waals surface area contributed by atoms with Crippen molar-refractivity contribution in [1.82, 2.24) is 4.13 Å². The first-order valence-corrected chi connectivity index (χ1v) is 11.1. The second-order valence-electron chi connectivity index (χ2n) is 5.65. The van der Waals surface area contributed by atoms with E-state index in [0.29, 0.717) is 17.2 Å². The normalized spacial score (nSPS) is 15.4. The summed E-state index contributed by atoms with van der Waals surface area (Å²) in [5, 5.41) is 0. The molecular formula is C14H26F3NO7S2. The lowest BCUT2D eigenvalue weighted by Crippen LogP contribution is -2.42. The van der Waals surface area contributed by atoms with Crippen molar-refractivity contribution < 1.29 is 44.2 Å². The quantitative estimate of drug-likeness (QED) is 0.302. The second-order valence-corrected chi connectivity index (χ2v) is 9.35. The predicted octanol–water partition coefficient (Wildman–Crippen LogP) is 1.41. The largest absolute Gasteiger partial charge is 0.512 e. The Kier molecular flexibility index (Phi) is 11.6. The molecule has 13 heteroatoms. The molecule has 0 aromatic rings. The topological polar surface area (TPSA) is 108 Å². The first kappa shape index (κ1) is 26.3. The van der Waals surface area contributed by atoms with Crippen LogP contribution in [0.3, 0.4) is 0 Å². The second kappa shape index (κ2) is 12.0. The van der Waals surface area contributed by atoms with Gasteiger partial charge in [0.25, 0.3) is 0 Å². The highest BCUT2D eigenvalue weighted by molar-refractivity contribution is 8.05. The van der Waals surface area contributed by atoms with E-state index in [-0.39, 0.29) is 32.3 Å². The number of methoxy groups -OCH3 is 1. The maximum absolute atomic E-state index is 12.4. The Hall–Kier alpha value is -0.730. The molecule has 0 rings (SSSR count). The van der Waals surface area contributed by atoms with Gasteiger partial charge in [0, 0.05) is 13.7 Å². The van der Waals surface area contributed by atoms with Gasteiger partial charge in [-0.05, 0) is 18.8 Å². The van der Waals surface area contributed by atoms with E-state index < -0.39 is 37.2 Å². The number of rotatable bonds is 15. The number of ether oxygens (including phenoxy) is 3. The lowest BCUT2D eigenvalue weighted by molar-refractivity contribution is -0.0441. The van der Waals surface area contributed by atoms with E-state index >= 15 is 0 Å². The van der Waals surface area contributed by atoms with Gasteiger partial charge in [0.15, 0.2) is 0 Å². The molecule has 0 saturated heterocycles. The van der Waals surface area contributed by atoms with Crippen LogP contribution in [-0.2, 0) is 34.3 Å². The molecule has 0 amide bonds. The van der Waals surface area contributed by atoms with Crippen molar-refractivity contribution in [3.63, 3.8) is 0 Å². The molecule has 0 fully saturated rings. The van der Waals surface area contributed by atoms with E-state index in [1.54, 1.807) is 6.08 Å². The minimum atomic E-state index is -6.01. The van der Waals surface area contributed by atoms with Crippen LogP contribution in [0.15, 0.2) is 12.7 Å². The molecule has 2 unspecified atom stereocenters. The minimum Gasteiger partial charge on any atom is -0.385 e. The van der Waals surface area contributed by atoms with Gasteiger partial charge < -0.3 is 14.2 Å². The molecule has 0 saturated carbocycles. The molecule has 27 heavy (non-hydrogen) atoms. The third-order valence-corrected chi connectivity index (χ3v) is 6.70. The van der Waals surface area contributed by atoms with Crippen molar-refractivity contribution >= 4 is 20.0 Å². The van der Waals surface area contributed by atoms with Crippen LogP contribution >= 0.6 is 0 Å². The molecule has 0 heterocycles. The molecule has 0 aromatic carbocycles. The Balaban J connectivity index is 4.95. The Morgan fingerprint density at radius 1 is 1.19 bits per heavy atom. The van der Waals surface area contributed by atoms with E-state index in [9.17, 15) is 30.0 Å². The summed E-state index contributed by atoms with van der Waals surface area (Å²) in [5.74, 6) is -1.64. The van der Waals surface area contributed by atoms with Gasteiger partial charge in [-0.3, -0.25) is 0 Å². The van der Waals surface area contributed by atoms with Crippen molar-refractivity contribution in [3.05, 3.63) is 12.7 Å². The van der Waals surface area contributed by atoms with Crippen LogP contribution < -0.4 is 4.13 Å². The van der Waals surface area contributed by atoms with E-state index in [1.807, 2.05) is 6.92 Å². The molecule has 0 spiro atoms. The third-order valence-electron chi connectivity index (χ3n) is 3.29. The molecule has 2 atom stereocenters. The van der Waals surface area contributed by atoms with Crippen LogP contribution in [0.4, 0.5) is 13.2 Å². The highest BCUT2D eigenvalue weighted by Gasteiger charge is 2.48. The van der Waals surface area contributed by atoms with Gasteiger partial charge in [0.05, 0.1) is 31.7 Å². The third kappa shape index (κ3) is 11.0. The molecule has 162 valence electrons. The van der Waals surface area contributed by atoms with Gasteiger partial charge in [-0.2, -0.15) is 13.2 Å². The van der Waals surface area contributed by atoms with E-state index in [4.69, 9.17) is 14.2 Å². The van der Waals surface area contributed by atoms with Crippen molar-refractivity contribution in [2.24, 2.45) is 5.92 Å². The fourth-order valence-corrected chi connectivity index (χ4v) is 4.77. The summed E-state index contributed by atoms with van der Waals surface area (Å²) in [6, 6.07) is 0. The summed E-state index contributed by atoms with van der Waals surface area (Å²) in [7, 11) is -9.41. The fraction of sp³-hybridized carbons (Fsp3) is 0.857. The first-order chi connectivity index (χ1) is 12.4. The summed E-state index contributed by atoms with van der Waals surface area (Å²) < 4.78 is 99.3. The van der Waals surface area contributed by atoms with Crippen molar-refractivity contribution in [2.45, 2.75) is 31.4 Å². The Morgan fingerprint density at radius 3 is 2.30 bits per heavy atom. The average Bonchev–Trinajstić information content (AvgIpc) is 2.53. The standard InChI is InChI=1S/C14H26F3NO7S2/c1-4-7-24-10-13(5-2)25-9-12(6-8-23-3)11-26(19,20)18-27(21,22)14(15,16)17/h4,12-13,18H,1,5-11H2,2-3H3. The lowest BCUT2D eigenvalue weighted by atomic mass is 10.1. The number of sulfonamides is 2. The van der Waals surface area contributed by atoms with Crippen LogP contribution in [0, 0.1) is 5.92 Å². The SMILES string of the molecule is C=CCOCC(CC)OCC(CCOC)CS(=O)(=O)NS(=O)(=O)C(F)(F)F. The van der Waals surface area contributed by atoms with E-state index in [0.717, 1.165) is 0 Å². The predicted molar refractivity (Wildman–Crippen MR) is 92.9 cm³/mol. The first-order valence-electron chi connectivity index (χ1n) is 8.00. The maximum Gasteiger partial charge on any atom is 0.512 e. The summed E-state index contributed by atoms with van der Waals surface area (Å²) in [6.45, 7) is 5.86. The smallest absolute Gasteiger partial charge is 0.385 e. The Bertz CT molecular complexity index is 636. The highest BCUT2D eigenvalue weighted by Crippen LogP contribution is 2.22. The minimum absolute atomic E-state index is 0.119. The zero-order chi connectivity index (χ0) is 21.1.